The molecular formula is C29H25F4N7O4. The van der Waals surface area contributed by atoms with Gasteiger partial charge in [-0.25, -0.2) is 23.2 Å². The summed E-state index contributed by atoms with van der Waals surface area (Å²) >= 11 is 0. The Labute approximate surface area is 247 Å². The normalized spacial score (nSPS) is 16.6. The van der Waals surface area contributed by atoms with Crippen LogP contribution in [0.4, 0.5) is 22.4 Å². The maximum Gasteiger partial charge on any atom is 0.410 e. The summed E-state index contributed by atoms with van der Waals surface area (Å²) in [6.45, 7) is -2.12. The molecule has 0 spiro atoms. The van der Waals surface area contributed by atoms with Crippen LogP contribution in [-0.2, 0) is 24.9 Å². The predicted molar refractivity (Wildman–Crippen MR) is 147 cm³/mol. The molecule has 0 saturated carbocycles. The van der Waals surface area contributed by atoms with Gasteiger partial charge in [0, 0.05) is 37.1 Å². The van der Waals surface area contributed by atoms with E-state index in [0.29, 0.717) is 24.5 Å². The van der Waals surface area contributed by atoms with Crippen molar-refractivity contribution in [3.8, 4) is 45.5 Å². The first-order valence-corrected chi connectivity index (χ1v) is 13.8. The number of rotatable bonds is 8. The van der Waals surface area contributed by atoms with Crippen molar-refractivity contribution < 1.29 is 36.6 Å². The van der Waals surface area contributed by atoms with E-state index in [1.807, 2.05) is 34.9 Å². The Kier molecular flexibility index (Phi) is 6.86. The van der Waals surface area contributed by atoms with Gasteiger partial charge in [-0.05, 0) is 17.7 Å². The molecule has 15 heteroatoms. The summed E-state index contributed by atoms with van der Waals surface area (Å²) in [5, 5.41) is 8.25. The van der Waals surface area contributed by atoms with Crippen LogP contribution < -0.4 is 9.47 Å². The number of aryl methyl sites for hydroxylation is 1. The minimum Gasteiger partial charge on any atom is -0.475 e. The molecule has 3 aromatic rings. The van der Waals surface area contributed by atoms with Gasteiger partial charge in [0.1, 0.15) is 24.7 Å². The van der Waals surface area contributed by atoms with Crippen LogP contribution >= 0.6 is 0 Å². The molecule has 4 aliphatic rings. The van der Waals surface area contributed by atoms with E-state index in [2.05, 4.69) is 10.2 Å². The first kappa shape index (κ1) is 27.7. The van der Waals surface area contributed by atoms with Crippen LogP contribution in [0.3, 0.4) is 0 Å². The Hall–Kier alpha value is -5.08. The Morgan fingerprint density at radius 3 is 2.57 bits per heavy atom. The maximum atomic E-state index is 14.7. The van der Waals surface area contributed by atoms with Gasteiger partial charge in [0.25, 0.3) is 6.43 Å². The van der Waals surface area contributed by atoms with Gasteiger partial charge in [-0.1, -0.05) is 30.3 Å². The molecule has 228 valence electrons. The quantitative estimate of drug-likeness (QED) is 0.226. The molecule has 1 saturated heterocycles. The SMILES string of the molecule is Cn1cc(-c2c3cccn(Cc4ccccc4)c-3nc2-c2c(C(F)F)nn3c2OC[C@@H](N2CCOC2=O)C3)c(OC(F)F)n1. The van der Waals surface area contributed by atoms with Gasteiger partial charge >= 0.3 is 12.7 Å². The number of benzene rings is 1. The fraction of sp³-hybridized carbons (Fsp3) is 0.310. The number of carbonyl (C=O) groups excluding carboxylic acids is 1. The summed E-state index contributed by atoms with van der Waals surface area (Å²) < 4.78 is 76.6. The summed E-state index contributed by atoms with van der Waals surface area (Å²) in [5.41, 5.74) is 1.24. The van der Waals surface area contributed by atoms with E-state index in [1.165, 1.54) is 27.5 Å². The zero-order valence-electron chi connectivity index (χ0n) is 23.2. The van der Waals surface area contributed by atoms with Crippen molar-refractivity contribution in [2.75, 3.05) is 19.8 Å². The van der Waals surface area contributed by atoms with Gasteiger partial charge in [0.05, 0.1) is 36.0 Å². The Balaban J connectivity index is 1.43. The summed E-state index contributed by atoms with van der Waals surface area (Å²) in [4.78, 5) is 18.5. The van der Waals surface area contributed by atoms with Crippen LogP contribution in [0.15, 0.2) is 54.9 Å². The Morgan fingerprint density at radius 2 is 1.84 bits per heavy atom. The number of hydrogen-bond donors (Lipinski definition) is 0. The highest BCUT2D eigenvalue weighted by Crippen LogP contribution is 2.50. The molecule has 1 aromatic carbocycles. The monoisotopic (exact) mass is 611 g/mol. The fourth-order valence-electron chi connectivity index (χ4n) is 5.79. The molecule has 0 radical (unpaired) electrons. The topological polar surface area (TPSA) is 101 Å². The number of fused-ring (bicyclic) bond motifs is 2. The third-order valence-electron chi connectivity index (χ3n) is 7.63. The molecule has 1 atom stereocenters. The second kappa shape index (κ2) is 10.9. The summed E-state index contributed by atoms with van der Waals surface area (Å²) in [5.74, 6) is 0.0644. The van der Waals surface area contributed by atoms with E-state index >= 15 is 0 Å². The molecule has 6 heterocycles. The highest BCUT2D eigenvalue weighted by molar-refractivity contribution is 5.97. The lowest BCUT2D eigenvalue weighted by Crippen LogP contribution is -2.45. The standard InChI is InChI=1S/C29H25F4N7O4/c1-37-14-19(26(36-37)44-28(32)33)20-18-8-5-9-38(12-16-6-3-2-4-7-16)25(18)34-22(20)21-23(24(30)31)35-40-13-17(15-43-27(21)40)39-10-11-42-29(39)41/h2-9,14,17,24,28H,10-13,15H2,1H3/t17-/m0/s1. The van der Waals surface area contributed by atoms with E-state index in [4.69, 9.17) is 19.2 Å². The number of carbonyl (C=O) groups is 1. The molecule has 0 aliphatic carbocycles. The van der Waals surface area contributed by atoms with Gasteiger partial charge in [-0.3, -0.25) is 9.58 Å². The van der Waals surface area contributed by atoms with Crippen molar-refractivity contribution >= 4 is 6.09 Å². The summed E-state index contributed by atoms with van der Waals surface area (Å²) in [6, 6.07) is 12.6. The first-order chi connectivity index (χ1) is 21.3. The fourth-order valence-corrected chi connectivity index (χ4v) is 5.79. The average molecular weight is 612 g/mol. The number of hydrogen-bond acceptors (Lipinski definition) is 7. The number of alkyl halides is 4. The summed E-state index contributed by atoms with van der Waals surface area (Å²) in [7, 11) is 1.54. The number of amides is 1. The lowest BCUT2D eigenvalue weighted by molar-refractivity contribution is -0.0527. The van der Waals surface area contributed by atoms with Crippen LogP contribution in [0.2, 0.25) is 0 Å². The van der Waals surface area contributed by atoms with Crippen molar-refractivity contribution in [2.24, 2.45) is 7.05 Å². The average Bonchev–Trinajstić information content (AvgIpc) is 3.76. The van der Waals surface area contributed by atoms with Crippen LogP contribution in [-0.4, -0.2) is 72.5 Å². The number of ether oxygens (including phenoxy) is 3. The maximum absolute atomic E-state index is 14.7. The molecule has 0 bridgehead atoms. The van der Waals surface area contributed by atoms with Crippen molar-refractivity contribution in [3.05, 3.63) is 66.1 Å². The predicted octanol–water partition coefficient (Wildman–Crippen LogP) is 5.05. The minimum atomic E-state index is -3.18. The van der Waals surface area contributed by atoms with Gasteiger partial charge in [-0.15, -0.1) is 5.10 Å². The van der Waals surface area contributed by atoms with Crippen molar-refractivity contribution in [1.29, 1.82) is 0 Å². The molecule has 44 heavy (non-hydrogen) atoms. The molecule has 2 aromatic heterocycles. The van der Waals surface area contributed by atoms with Crippen LogP contribution in [0, 0.1) is 0 Å². The van der Waals surface area contributed by atoms with Gasteiger partial charge in [0.2, 0.25) is 11.8 Å². The van der Waals surface area contributed by atoms with Gasteiger partial charge in [0.15, 0.2) is 0 Å². The lowest BCUT2D eigenvalue weighted by Gasteiger charge is -2.30. The van der Waals surface area contributed by atoms with Crippen molar-refractivity contribution in [1.82, 2.24) is 34.0 Å². The van der Waals surface area contributed by atoms with Crippen molar-refractivity contribution in [2.45, 2.75) is 32.2 Å². The molecule has 11 nitrogen and oxygen atoms in total. The number of nitrogens with zero attached hydrogens (tertiary/aromatic N) is 7. The molecule has 0 N–H and O–H groups in total. The van der Waals surface area contributed by atoms with E-state index in [-0.39, 0.29) is 53.9 Å². The van der Waals surface area contributed by atoms with Crippen LogP contribution in [0.5, 0.6) is 11.8 Å². The molecule has 1 fully saturated rings. The first-order valence-electron chi connectivity index (χ1n) is 13.8. The molecule has 4 aliphatic heterocycles. The highest BCUT2D eigenvalue weighted by atomic mass is 19.3. The van der Waals surface area contributed by atoms with Gasteiger partial charge < -0.3 is 18.8 Å². The Morgan fingerprint density at radius 1 is 1.02 bits per heavy atom. The zero-order chi connectivity index (χ0) is 30.5. The third kappa shape index (κ3) is 4.77. The Bertz CT molecular complexity index is 1800. The molecule has 7 rings (SSSR count). The number of cyclic esters (lactones) is 1. The lowest BCUT2D eigenvalue weighted by atomic mass is 9.98. The molecule has 0 unspecified atom stereocenters. The second-order valence-corrected chi connectivity index (χ2v) is 10.4. The zero-order valence-corrected chi connectivity index (χ0v) is 23.2. The molecule has 1 amide bonds. The summed E-state index contributed by atoms with van der Waals surface area (Å²) in [6.07, 6.45) is -0.273. The largest absolute Gasteiger partial charge is 0.475 e. The number of aromatic nitrogens is 6. The number of pyridine rings is 1. The van der Waals surface area contributed by atoms with E-state index < -0.39 is 30.9 Å². The second-order valence-electron chi connectivity index (χ2n) is 10.4. The number of halogens is 4. The third-order valence-corrected chi connectivity index (χ3v) is 7.63. The smallest absolute Gasteiger partial charge is 0.410 e. The van der Waals surface area contributed by atoms with Crippen LogP contribution in [0.25, 0.3) is 33.8 Å². The van der Waals surface area contributed by atoms with E-state index in [1.54, 1.807) is 18.3 Å². The van der Waals surface area contributed by atoms with Crippen molar-refractivity contribution in [3.63, 3.8) is 0 Å². The highest BCUT2D eigenvalue weighted by Gasteiger charge is 2.39. The van der Waals surface area contributed by atoms with E-state index in [9.17, 15) is 22.4 Å². The van der Waals surface area contributed by atoms with Crippen LogP contribution in [0.1, 0.15) is 17.7 Å². The van der Waals surface area contributed by atoms with E-state index in [0.717, 1.165) is 5.56 Å². The minimum absolute atomic E-state index is 0.00662. The van der Waals surface area contributed by atoms with Gasteiger partial charge in [-0.2, -0.15) is 13.9 Å². The molecular weight excluding hydrogens is 586 g/mol.